The Balaban J connectivity index is 2.25. The summed E-state index contributed by atoms with van der Waals surface area (Å²) in [4.78, 5) is 26.9. The highest BCUT2D eigenvalue weighted by molar-refractivity contribution is 9.09. The monoisotopic (exact) mass is 334 g/mol. The Morgan fingerprint density at radius 1 is 1.53 bits per heavy atom. The zero-order valence-electron chi connectivity index (χ0n) is 12.1. The third kappa shape index (κ3) is 5.80. The molecule has 1 fully saturated rings. The maximum Gasteiger partial charge on any atom is 0.410 e. The van der Waals surface area contributed by atoms with Gasteiger partial charge in [0.1, 0.15) is 5.60 Å². The van der Waals surface area contributed by atoms with Crippen LogP contribution in [0.15, 0.2) is 0 Å². The first-order valence-electron chi connectivity index (χ1n) is 6.55. The number of hydrogen-bond donors (Lipinski definition) is 0. The van der Waals surface area contributed by atoms with E-state index in [4.69, 9.17) is 4.74 Å². The quantitative estimate of drug-likeness (QED) is 0.741. The second-order valence-corrected chi connectivity index (χ2v) is 7.19. The minimum absolute atomic E-state index is 0.182. The van der Waals surface area contributed by atoms with Crippen molar-refractivity contribution in [2.45, 2.75) is 44.0 Å². The standard InChI is InChI=1S/C13H23BrN2O3/c1-13(2,3)19-12(18)15(4)6-5-7-16-9-10(14)8-11(16)17/h10H,5-9H2,1-4H3. The topological polar surface area (TPSA) is 49.9 Å². The zero-order valence-corrected chi connectivity index (χ0v) is 13.7. The number of carbonyl (C=O) groups is 2. The van der Waals surface area contributed by atoms with Crippen LogP contribution in [0.3, 0.4) is 0 Å². The molecule has 1 rings (SSSR count). The van der Waals surface area contributed by atoms with Gasteiger partial charge in [0.2, 0.25) is 5.91 Å². The molecule has 0 radical (unpaired) electrons. The average molecular weight is 335 g/mol. The first kappa shape index (κ1) is 16.3. The maximum atomic E-state index is 11.7. The number of carbonyl (C=O) groups excluding carboxylic acids is 2. The summed E-state index contributed by atoms with van der Waals surface area (Å²) < 4.78 is 5.26. The summed E-state index contributed by atoms with van der Waals surface area (Å²) in [5, 5.41) is 0. The lowest BCUT2D eigenvalue weighted by atomic mass is 10.2. The fourth-order valence-electron chi connectivity index (χ4n) is 1.87. The van der Waals surface area contributed by atoms with Crippen molar-refractivity contribution in [2.75, 3.05) is 26.7 Å². The minimum atomic E-state index is -0.473. The van der Waals surface area contributed by atoms with Crippen molar-refractivity contribution in [2.24, 2.45) is 0 Å². The number of hydrogen-bond acceptors (Lipinski definition) is 3. The van der Waals surface area contributed by atoms with Gasteiger partial charge in [-0.15, -0.1) is 0 Å². The number of likely N-dealkylation sites (tertiary alicyclic amines) is 1. The number of halogens is 1. The summed E-state index contributed by atoms with van der Waals surface area (Å²) in [6, 6.07) is 0. The van der Waals surface area contributed by atoms with Crippen LogP contribution in [-0.2, 0) is 9.53 Å². The van der Waals surface area contributed by atoms with Crippen molar-refractivity contribution in [3.05, 3.63) is 0 Å². The fraction of sp³-hybridized carbons (Fsp3) is 0.846. The van der Waals surface area contributed by atoms with Crippen LogP contribution in [0.5, 0.6) is 0 Å². The van der Waals surface area contributed by atoms with Gasteiger partial charge >= 0.3 is 6.09 Å². The van der Waals surface area contributed by atoms with Crippen molar-refractivity contribution in [3.63, 3.8) is 0 Å². The molecule has 110 valence electrons. The molecular weight excluding hydrogens is 312 g/mol. The maximum absolute atomic E-state index is 11.7. The second-order valence-electron chi connectivity index (χ2n) is 5.90. The van der Waals surface area contributed by atoms with Gasteiger partial charge in [0.05, 0.1) is 0 Å². The molecule has 0 aromatic heterocycles. The molecule has 0 aromatic carbocycles. The summed E-state index contributed by atoms with van der Waals surface area (Å²) in [5.74, 6) is 0.182. The van der Waals surface area contributed by atoms with E-state index in [2.05, 4.69) is 15.9 Å². The molecule has 1 aliphatic rings. The molecule has 0 aromatic rings. The molecule has 19 heavy (non-hydrogen) atoms. The number of amides is 2. The molecule has 0 saturated carbocycles. The van der Waals surface area contributed by atoms with Crippen molar-refractivity contribution in [1.82, 2.24) is 9.80 Å². The Hall–Kier alpha value is -0.780. The smallest absolute Gasteiger partial charge is 0.410 e. The Kier molecular flexibility index (Phi) is 5.64. The molecule has 2 amide bonds. The fourth-order valence-corrected chi connectivity index (χ4v) is 2.50. The van der Waals surface area contributed by atoms with Gasteiger partial charge in [0, 0.05) is 37.9 Å². The van der Waals surface area contributed by atoms with Gasteiger partial charge in [-0.25, -0.2) is 4.79 Å². The van der Waals surface area contributed by atoms with Crippen molar-refractivity contribution < 1.29 is 14.3 Å². The summed E-state index contributed by atoms with van der Waals surface area (Å²) in [7, 11) is 1.72. The zero-order chi connectivity index (χ0) is 14.6. The first-order valence-corrected chi connectivity index (χ1v) is 7.46. The van der Waals surface area contributed by atoms with E-state index in [1.807, 2.05) is 25.7 Å². The highest BCUT2D eigenvalue weighted by atomic mass is 79.9. The predicted octanol–water partition coefficient (Wildman–Crippen LogP) is 2.24. The molecular formula is C13H23BrN2O3. The SMILES string of the molecule is CN(CCCN1CC(Br)CC1=O)C(=O)OC(C)(C)C. The van der Waals surface area contributed by atoms with Crippen LogP contribution in [0.25, 0.3) is 0 Å². The van der Waals surface area contributed by atoms with E-state index in [1.165, 1.54) is 0 Å². The van der Waals surface area contributed by atoms with Crippen LogP contribution in [0.4, 0.5) is 4.79 Å². The van der Waals surface area contributed by atoms with E-state index in [-0.39, 0.29) is 16.8 Å². The Morgan fingerprint density at radius 2 is 2.16 bits per heavy atom. The van der Waals surface area contributed by atoms with Gasteiger partial charge in [-0.2, -0.15) is 0 Å². The average Bonchev–Trinajstić information content (AvgIpc) is 2.55. The molecule has 0 aliphatic carbocycles. The number of rotatable bonds is 4. The predicted molar refractivity (Wildman–Crippen MR) is 77.4 cm³/mol. The summed E-state index contributed by atoms with van der Waals surface area (Å²) in [6.07, 6.45) is 1.02. The highest BCUT2D eigenvalue weighted by Crippen LogP contribution is 2.18. The third-order valence-electron chi connectivity index (χ3n) is 2.79. The van der Waals surface area contributed by atoms with Gasteiger partial charge in [-0.1, -0.05) is 15.9 Å². The van der Waals surface area contributed by atoms with E-state index >= 15 is 0 Å². The van der Waals surface area contributed by atoms with Gasteiger partial charge in [0.15, 0.2) is 0 Å². The Bertz CT molecular complexity index is 341. The number of nitrogens with zero attached hydrogens (tertiary/aromatic N) is 2. The molecule has 6 heteroatoms. The molecule has 1 atom stereocenters. The van der Waals surface area contributed by atoms with E-state index in [9.17, 15) is 9.59 Å². The molecule has 0 N–H and O–H groups in total. The van der Waals surface area contributed by atoms with Gasteiger partial charge in [-0.3, -0.25) is 4.79 Å². The summed E-state index contributed by atoms with van der Waals surface area (Å²) >= 11 is 3.45. The summed E-state index contributed by atoms with van der Waals surface area (Å²) in [6.45, 7) is 7.57. The van der Waals surface area contributed by atoms with Gasteiger partial charge in [-0.05, 0) is 27.2 Å². The molecule has 5 nitrogen and oxygen atoms in total. The normalized spacial score (nSPS) is 19.7. The van der Waals surface area contributed by atoms with Crippen molar-refractivity contribution >= 4 is 27.9 Å². The van der Waals surface area contributed by atoms with Gasteiger partial charge < -0.3 is 14.5 Å². The lowest BCUT2D eigenvalue weighted by Gasteiger charge is -2.25. The van der Waals surface area contributed by atoms with E-state index in [1.54, 1.807) is 11.9 Å². The lowest BCUT2D eigenvalue weighted by Crippen LogP contribution is -2.36. The molecule has 1 aliphatic heterocycles. The second kappa shape index (κ2) is 6.59. The van der Waals surface area contributed by atoms with E-state index < -0.39 is 5.60 Å². The van der Waals surface area contributed by atoms with Gasteiger partial charge in [0.25, 0.3) is 0 Å². The van der Waals surface area contributed by atoms with Crippen molar-refractivity contribution in [1.29, 1.82) is 0 Å². The molecule has 1 unspecified atom stereocenters. The van der Waals surface area contributed by atoms with Crippen molar-refractivity contribution in [3.8, 4) is 0 Å². The third-order valence-corrected chi connectivity index (χ3v) is 3.41. The summed E-state index contributed by atoms with van der Waals surface area (Å²) in [5.41, 5.74) is -0.473. The molecule has 1 saturated heterocycles. The van der Waals surface area contributed by atoms with Crippen LogP contribution in [0, 0.1) is 0 Å². The Morgan fingerprint density at radius 3 is 2.63 bits per heavy atom. The molecule has 0 spiro atoms. The van der Waals surface area contributed by atoms with E-state index in [0.29, 0.717) is 19.5 Å². The van der Waals surface area contributed by atoms with Crippen LogP contribution >= 0.6 is 15.9 Å². The minimum Gasteiger partial charge on any atom is -0.444 e. The first-order chi connectivity index (χ1) is 8.69. The highest BCUT2D eigenvalue weighted by Gasteiger charge is 2.27. The van der Waals surface area contributed by atoms with Crippen LogP contribution in [0.2, 0.25) is 0 Å². The molecule has 1 heterocycles. The number of alkyl halides is 1. The Labute approximate surface area is 123 Å². The largest absolute Gasteiger partial charge is 0.444 e. The molecule has 0 bridgehead atoms. The lowest BCUT2D eigenvalue weighted by molar-refractivity contribution is -0.127. The van der Waals surface area contributed by atoms with Crippen LogP contribution < -0.4 is 0 Å². The number of ether oxygens (including phenoxy) is 1. The van der Waals surface area contributed by atoms with E-state index in [0.717, 1.165) is 13.0 Å². The van der Waals surface area contributed by atoms with Crippen LogP contribution in [0.1, 0.15) is 33.6 Å². The van der Waals surface area contributed by atoms with Crippen LogP contribution in [-0.4, -0.2) is 58.9 Å².